The minimum Gasteiger partial charge on any atom is -0.495 e. The molecule has 0 unspecified atom stereocenters. The van der Waals surface area contributed by atoms with E-state index in [1.165, 1.54) is 7.11 Å². The third-order valence-corrected chi connectivity index (χ3v) is 3.17. The molecule has 2 rings (SSSR count). The summed E-state index contributed by atoms with van der Waals surface area (Å²) in [5.74, 6) is 0.828. The average molecular weight is 268 g/mol. The average Bonchev–Trinajstić information content (AvgIpc) is 2.37. The Morgan fingerprint density at radius 1 is 1.44 bits per heavy atom. The maximum Gasteiger partial charge on any atom is 0.224 e. The van der Waals surface area contributed by atoms with Crippen LogP contribution < -0.4 is 10.1 Å². The molecular weight excluding hydrogens is 254 g/mol. The van der Waals surface area contributed by atoms with Gasteiger partial charge in [-0.25, -0.2) is 0 Å². The zero-order valence-electron chi connectivity index (χ0n) is 10.1. The number of halogens is 1. The Bertz CT molecular complexity index is 499. The number of alkyl halides is 1. The van der Waals surface area contributed by atoms with Gasteiger partial charge in [-0.1, -0.05) is 0 Å². The molecule has 0 fully saturated rings. The first-order valence-corrected chi connectivity index (χ1v) is 6.29. The number of Topliss-reactive ketones (excluding diaryl/α,β-unsaturated/α-hetero) is 1. The minimum atomic E-state index is -0.0530. The molecule has 1 heterocycles. The number of anilines is 1. The number of fused-ring (bicyclic) bond motifs is 1. The molecule has 1 aromatic rings. The van der Waals surface area contributed by atoms with Crippen molar-refractivity contribution in [1.29, 1.82) is 0 Å². The second-order valence-corrected chi connectivity index (χ2v) is 4.46. The number of amides is 1. The SMILES string of the molecule is COc1ccc(C(=O)CCCl)c2c1NC(=O)CC2. The smallest absolute Gasteiger partial charge is 0.224 e. The molecule has 1 aliphatic rings. The van der Waals surface area contributed by atoms with Crippen LogP contribution in [0.5, 0.6) is 5.75 Å². The van der Waals surface area contributed by atoms with Crippen LogP contribution in [0.2, 0.25) is 0 Å². The van der Waals surface area contributed by atoms with Crippen molar-refractivity contribution < 1.29 is 14.3 Å². The van der Waals surface area contributed by atoms with Gasteiger partial charge < -0.3 is 10.1 Å². The van der Waals surface area contributed by atoms with Crippen molar-refractivity contribution in [2.24, 2.45) is 0 Å². The van der Waals surface area contributed by atoms with Crippen LogP contribution in [-0.4, -0.2) is 24.7 Å². The van der Waals surface area contributed by atoms with Gasteiger partial charge in [-0.2, -0.15) is 0 Å². The molecule has 1 aliphatic heterocycles. The molecule has 0 aromatic heterocycles. The summed E-state index contributed by atoms with van der Waals surface area (Å²) in [6.07, 6.45) is 1.25. The predicted octanol–water partition coefficient (Wildman–Crippen LogP) is 2.39. The van der Waals surface area contributed by atoms with E-state index in [9.17, 15) is 9.59 Å². The van der Waals surface area contributed by atoms with Gasteiger partial charge in [-0.3, -0.25) is 9.59 Å². The van der Waals surface area contributed by atoms with E-state index in [2.05, 4.69) is 5.32 Å². The Labute approximate surface area is 110 Å². The number of nitrogens with one attached hydrogen (secondary N) is 1. The number of methoxy groups -OCH3 is 1. The number of carbonyl (C=O) groups is 2. The topological polar surface area (TPSA) is 55.4 Å². The Morgan fingerprint density at radius 3 is 2.89 bits per heavy atom. The summed E-state index contributed by atoms with van der Waals surface area (Å²) in [5.41, 5.74) is 2.10. The molecule has 1 N–H and O–H groups in total. The number of ether oxygens (including phenoxy) is 1. The first-order chi connectivity index (χ1) is 8.67. The van der Waals surface area contributed by atoms with Gasteiger partial charge >= 0.3 is 0 Å². The standard InChI is InChI=1S/C13H14ClNO3/c1-18-11-4-2-8(10(16)6-7-14)9-3-5-12(17)15-13(9)11/h2,4H,3,5-7H2,1H3,(H,15,17). The van der Waals surface area contributed by atoms with Crippen LogP contribution in [0.3, 0.4) is 0 Å². The predicted molar refractivity (Wildman–Crippen MR) is 69.6 cm³/mol. The van der Waals surface area contributed by atoms with Crippen molar-refractivity contribution in [3.05, 3.63) is 23.3 Å². The molecular formula is C13H14ClNO3. The van der Waals surface area contributed by atoms with Crippen LogP contribution in [0, 0.1) is 0 Å². The van der Waals surface area contributed by atoms with E-state index >= 15 is 0 Å². The summed E-state index contributed by atoms with van der Waals surface area (Å²) in [6.45, 7) is 0. The molecule has 0 saturated carbocycles. The van der Waals surface area contributed by atoms with E-state index in [1.807, 2.05) is 0 Å². The summed E-state index contributed by atoms with van der Waals surface area (Å²) < 4.78 is 5.20. The second kappa shape index (κ2) is 5.40. The van der Waals surface area contributed by atoms with Gasteiger partial charge in [-0.05, 0) is 24.1 Å². The molecule has 1 amide bonds. The fraction of sp³-hybridized carbons (Fsp3) is 0.385. The van der Waals surface area contributed by atoms with Gasteiger partial charge in [0.1, 0.15) is 5.75 Å². The molecule has 5 heteroatoms. The highest BCUT2D eigenvalue weighted by atomic mass is 35.5. The highest BCUT2D eigenvalue weighted by Gasteiger charge is 2.23. The molecule has 96 valence electrons. The van der Waals surface area contributed by atoms with Crippen LogP contribution in [0.1, 0.15) is 28.8 Å². The summed E-state index contributed by atoms with van der Waals surface area (Å²) in [4.78, 5) is 23.4. The number of rotatable bonds is 4. The number of hydrogen-bond donors (Lipinski definition) is 1. The fourth-order valence-electron chi connectivity index (χ4n) is 2.12. The van der Waals surface area contributed by atoms with Crippen molar-refractivity contribution in [2.75, 3.05) is 18.3 Å². The molecule has 0 aliphatic carbocycles. The highest BCUT2D eigenvalue weighted by molar-refractivity contribution is 6.19. The fourth-order valence-corrected chi connectivity index (χ4v) is 2.29. The maximum atomic E-state index is 12.0. The Kier molecular flexibility index (Phi) is 3.87. The lowest BCUT2D eigenvalue weighted by molar-refractivity contribution is -0.116. The van der Waals surface area contributed by atoms with Crippen LogP contribution >= 0.6 is 11.6 Å². The summed E-state index contributed by atoms with van der Waals surface area (Å²) >= 11 is 5.60. The van der Waals surface area contributed by atoms with Gasteiger partial charge in [0.15, 0.2) is 5.78 Å². The van der Waals surface area contributed by atoms with E-state index < -0.39 is 0 Å². The van der Waals surface area contributed by atoms with Gasteiger partial charge in [0, 0.05) is 24.3 Å². The van der Waals surface area contributed by atoms with E-state index in [4.69, 9.17) is 16.3 Å². The van der Waals surface area contributed by atoms with Crippen molar-refractivity contribution in [3.8, 4) is 5.75 Å². The van der Waals surface area contributed by atoms with E-state index in [0.717, 1.165) is 5.56 Å². The normalized spacial score (nSPS) is 13.8. The van der Waals surface area contributed by atoms with Crippen LogP contribution in [0.15, 0.2) is 12.1 Å². The highest BCUT2D eigenvalue weighted by Crippen LogP contribution is 2.35. The summed E-state index contributed by atoms with van der Waals surface area (Å²) in [7, 11) is 1.54. The van der Waals surface area contributed by atoms with Gasteiger partial charge in [0.25, 0.3) is 0 Å². The minimum absolute atomic E-state index is 0.0000482. The molecule has 0 saturated heterocycles. The number of hydrogen-bond acceptors (Lipinski definition) is 3. The Hall–Kier alpha value is -1.55. The maximum absolute atomic E-state index is 12.0. The third kappa shape index (κ3) is 2.34. The van der Waals surface area contributed by atoms with Gasteiger partial charge in [0.05, 0.1) is 12.8 Å². The van der Waals surface area contributed by atoms with Crippen molar-refractivity contribution in [1.82, 2.24) is 0 Å². The van der Waals surface area contributed by atoms with Crippen molar-refractivity contribution in [3.63, 3.8) is 0 Å². The van der Waals surface area contributed by atoms with Crippen molar-refractivity contribution in [2.45, 2.75) is 19.3 Å². The van der Waals surface area contributed by atoms with E-state index in [-0.39, 0.29) is 11.7 Å². The number of carbonyl (C=O) groups excluding carboxylic acids is 2. The largest absolute Gasteiger partial charge is 0.495 e. The summed E-state index contributed by atoms with van der Waals surface area (Å²) in [5, 5.41) is 2.77. The lowest BCUT2D eigenvalue weighted by Gasteiger charge is -2.21. The molecule has 0 bridgehead atoms. The first kappa shape index (κ1) is 12.9. The zero-order chi connectivity index (χ0) is 13.1. The van der Waals surface area contributed by atoms with Gasteiger partial charge in [0.2, 0.25) is 5.91 Å². The van der Waals surface area contributed by atoms with E-state index in [1.54, 1.807) is 12.1 Å². The molecule has 4 nitrogen and oxygen atoms in total. The number of benzene rings is 1. The lowest BCUT2D eigenvalue weighted by atomic mass is 9.93. The number of ketones is 1. The van der Waals surface area contributed by atoms with Crippen LogP contribution in [0.25, 0.3) is 0 Å². The Balaban J connectivity index is 2.48. The monoisotopic (exact) mass is 267 g/mol. The second-order valence-electron chi connectivity index (χ2n) is 4.08. The van der Waals surface area contributed by atoms with Crippen LogP contribution in [0.4, 0.5) is 5.69 Å². The lowest BCUT2D eigenvalue weighted by Crippen LogP contribution is -2.22. The summed E-state index contributed by atoms with van der Waals surface area (Å²) in [6, 6.07) is 3.44. The quantitative estimate of drug-likeness (QED) is 0.673. The third-order valence-electron chi connectivity index (χ3n) is 2.98. The van der Waals surface area contributed by atoms with Crippen LogP contribution in [-0.2, 0) is 11.2 Å². The van der Waals surface area contributed by atoms with Gasteiger partial charge in [-0.15, -0.1) is 11.6 Å². The molecule has 0 atom stereocenters. The Morgan fingerprint density at radius 2 is 2.22 bits per heavy atom. The van der Waals surface area contributed by atoms with Crippen molar-refractivity contribution >= 4 is 29.0 Å². The zero-order valence-corrected chi connectivity index (χ0v) is 10.8. The molecule has 0 spiro atoms. The molecule has 1 aromatic carbocycles. The molecule has 18 heavy (non-hydrogen) atoms. The van der Waals surface area contributed by atoms with E-state index in [0.29, 0.717) is 42.1 Å². The first-order valence-electron chi connectivity index (χ1n) is 5.76. The molecule has 0 radical (unpaired) electrons.